The largest absolute Gasteiger partial charge is 0.490 e. The first-order valence-electron chi connectivity index (χ1n) is 7.14. The van der Waals surface area contributed by atoms with Crippen LogP contribution in [0.1, 0.15) is 31.2 Å². The first kappa shape index (κ1) is 12.9. The van der Waals surface area contributed by atoms with Crippen molar-refractivity contribution in [2.24, 2.45) is 0 Å². The minimum absolute atomic E-state index is 0.412. The van der Waals surface area contributed by atoms with Crippen molar-refractivity contribution < 1.29 is 4.74 Å². The van der Waals surface area contributed by atoms with Crippen LogP contribution in [0.15, 0.2) is 43.0 Å². The second kappa shape index (κ2) is 6.37. The third-order valence-corrected chi connectivity index (χ3v) is 3.57. The third-order valence-electron chi connectivity index (χ3n) is 3.57. The summed E-state index contributed by atoms with van der Waals surface area (Å²) in [4.78, 5) is 7.99. The molecule has 1 aromatic carbocycles. The van der Waals surface area contributed by atoms with Crippen molar-refractivity contribution in [2.45, 2.75) is 38.3 Å². The van der Waals surface area contributed by atoms with E-state index in [0.717, 1.165) is 23.5 Å². The second-order valence-electron chi connectivity index (χ2n) is 5.15. The molecule has 0 unspecified atom stereocenters. The lowest BCUT2D eigenvalue weighted by Crippen LogP contribution is -2.10. The SMILES string of the molecule is c1ncc(CNc2ccc(OC3CCCC3)cc2)cn1. The van der Waals surface area contributed by atoms with Gasteiger partial charge in [0, 0.05) is 30.2 Å². The van der Waals surface area contributed by atoms with Gasteiger partial charge < -0.3 is 10.1 Å². The van der Waals surface area contributed by atoms with Crippen molar-refractivity contribution >= 4 is 5.69 Å². The van der Waals surface area contributed by atoms with Crippen molar-refractivity contribution in [1.29, 1.82) is 0 Å². The molecule has 0 bridgehead atoms. The fraction of sp³-hybridized carbons (Fsp3) is 0.375. The minimum atomic E-state index is 0.412. The maximum atomic E-state index is 5.95. The van der Waals surface area contributed by atoms with Crippen LogP contribution in [0.25, 0.3) is 0 Å². The number of rotatable bonds is 5. The van der Waals surface area contributed by atoms with E-state index >= 15 is 0 Å². The highest BCUT2D eigenvalue weighted by Crippen LogP contribution is 2.25. The molecule has 0 aliphatic heterocycles. The monoisotopic (exact) mass is 269 g/mol. The van der Waals surface area contributed by atoms with Crippen molar-refractivity contribution in [3.63, 3.8) is 0 Å². The second-order valence-corrected chi connectivity index (χ2v) is 5.15. The van der Waals surface area contributed by atoms with Gasteiger partial charge in [-0.2, -0.15) is 0 Å². The van der Waals surface area contributed by atoms with Gasteiger partial charge in [-0.1, -0.05) is 0 Å². The Kier molecular flexibility index (Phi) is 4.11. The Labute approximate surface area is 119 Å². The Morgan fingerprint density at radius 3 is 2.45 bits per heavy atom. The van der Waals surface area contributed by atoms with E-state index in [4.69, 9.17) is 4.74 Å². The van der Waals surface area contributed by atoms with Gasteiger partial charge in [0.15, 0.2) is 0 Å². The predicted molar refractivity (Wildman–Crippen MR) is 78.7 cm³/mol. The summed E-state index contributed by atoms with van der Waals surface area (Å²) in [5.41, 5.74) is 2.14. The van der Waals surface area contributed by atoms with Crippen LogP contribution in [0.2, 0.25) is 0 Å². The Balaban J connectivity index is 1.53. The van der Waals surface area contributed by atoms with Crippen LogP contribution in [0.3, 0.4) is 0 Å². The lowest BCUT2D eigenvalue weighted by atomic mass is 10.2. The van der Waals surface area contributed by atoms with Gasteiger partial charge in [-0.25, -0.2) is 9.97 Å². The third kappa shape index (κ3) is 3.47. The summed E-state index contributed by atoms with van der Waals surface area (Å²) in [5, 5.41) is 3.35. The highest BCUT2D eigenvalue weighted by molar-refractivity contribution is 5.46. The number of benzene rings is 1. The summed E-state index contributed by atoms with van der Waals surface area (Å²) >= 11 is 0. The van der Waals surface area contributed by atoms with Crippen LogP contribution in [-0.2, 0) is 6.54 Å². The Morgan fingerprint density at radius 2 is 1.75 bits per heavy atom. The van der Waals surface area contributed by atoms with Crippen LogP contribution in [0, 0.1) is 0 Å². The molecule has 1 aliphatic rings. The highest BCUT2D eigenvalue weighted by Gasteiger charge is 2.16. The number of hydrogen-bond donors (Lipinski definition) is 1. The Morgan fingerprint density at radius 1 is 1.05 bits per heavy atom. The van der Waals surface area contributed by atoms with Gasteiger partial charge in [0.2, 0.25) is 0 Å². The topological polar surface area (TPSA) is 47.0 Å². The molecule has 1 N–H and O–H groups in total. The smallest absolute Gasteiger partial charge is 0.119 e. The summed E-state index contributed by atoms with van der Waals surface area (Å²) in [6, 6.07) is 8.16. The average Bonchev–Trinajstić information content (AvgIpc) is 3.01. The molecule has 4 nitrogen and oxygen atoms in total. The van der Waals surface area contributed by atoms with E-state index in [9.17, 15) is 0 Å². The molecule has 1 fully saturated rings. The van der Waals surface area contributed by atoms with E-state index in [1.165, 1.54) is 25.7 Å². The molecule has 104 valence electrons. The number of nitrogens with one attached hydrogen (secondary N) is 1. The van der Waals surface area contributed by atoms with Crippen molar-refractivity contribution in [2.75, 3.05) is 5.32 Å². The minimum Gasteiger partial charge on any atom is -0.490 e. The average molecular weight is 269 g/mol. The lowest BCUT2D eigenvalue weighted by molar-refractivity contribution is 0.210. The number of nitrogens with zero attached hydrogens (tertiary/aromatic N) is 2. The summed E-state index contributed by atoms with van der Waals surface area (Å²) in [6.45, 7) is 0.726. The maximum absolute atomic E-state index is 5.95. The first-order chi connectivity index (χ1) is 9.90. The molecule has 20 heavy (non-hydrogen) atoms. The number of hydrogen-bond acceptors (Lipinski definition) is 4. The molecular weight excluding hydrogens is 250 g/mol. The van der Waals surface area contributed by atoms with Crippen LogP contribution in [-0.4, -0.2) is 16.1 Å². The van der Waals surface area contributed by atoms with Gasteiger partial charge in [-0.3, -0.25) is 0 Å². The number of aromatic nitrogens is 2. The molecule has 0 spiro atoms. The van der Waals surface area contributed by atoms with Crippen molar-refractivity contribution in [3.8, 4) is 5.75 Å². The summed E-state index contributed by atoms with van der Waals surface area (Å²) in [5.74, 6) is 0.963. The molecule has 1 aromatic heterocycles. The molecule has 1 aliphatic carbocycles. The molecule has 0 radical (unpaired) electrons. The maximum Gasteiger partial charge on any atom is 0.119 e. The fourth-order valence-electron chi connectivity index (χ4n) is 2.48. The zero-order valence-electron chi connectivity index (χ0n) is 11.5. The van der Waals surface area contributed by atoms with E-state index in [-0.39, 0.29) is 0 Å². The highest BCUT2D eigenvalue weighted by atomic mass is 16.5. The molecule has 4 heteroatoms. The molecule has 0 saturated heterocycles. The van der Waals surface area contributed by atoms with E-state index in [0.29, 0.717) is 6.10 Å². The van der Waals surface area contributed by atoms with Gasteiger partial charge in [0.05, 0.1) is 6.10 Å². The molecule has 1 saturated carbocycles. The standard InChI is InChI=1S/C16H19N3O/c1-2-4-15(3-1)20-16-7-5-14(6-8-16)19-11-13-9-17-12-18-10-13/h5-10,12,15,19H,1-4,11H2. The van der Waals surface area contributed by atoms with Crippen LogP contribution in [0.4, 0.5) is 5.69 Å². The number of anilines is 1. The summed E-state index contributed by atoms with van der Waals surface area (Å²) in [6.07, 6.45) is 10.6. The molecule has 0 atom stereocenters. The molecular formula is C16H19N3O. The number of ether oxygens (including phenoxy) is 1. The van der Waals surface area contributed by atoms with Crippen molar-refractivity contribution in [3.05, 3.63) is 48.5 Å². The van der Waals surface area contributed by atoms with Gasteiger partial charge in [0.1, 0.15) is 12.1 Å². The van der Waals surface area contributed by atoms with Crippen molar-refractivity contribution in [1.82, 2.24) is 9.97 Å². The summed E-state index contributed by atoms with van der Waals surface area (Å²) < 4.78 is 5.95. The lowest BCUT2D eigenvalue weighted by Gasteiger charge is -2.13. The summed E-state index contributed by atoms with van der Waals surface area (Å²) in [7, 11) is 0. The normalized spacial score (nSPS) is 15.2. The van der Waals surface area contributed by atoms with Gasteiger partial charge in [-0.05, 0) is 49.9 Å². The van der Waals surface area contributed by atoms with E-state index < -0.39 is 0 Å². The van der Waals surface area contributed by atoms with Crippen LogP contribution >= 0.6 is 0 Å². The van der Waals surface area contributed by atoms with Gasteiger partial charge >= 0.3 is 0 Å². The van der Waals surface area contributed by atoms with E-state index in [2.05, 4.69) is 15.3 Å². The molecule has 1 heterocycles. The zero-order valence-corrected chi connectivity index (χ0v) is 11.5. The fourth-order valence-corrected chi connectivity index (χ4v) is 2.48. The quantitative estimate of drug-likeness (QED) is 0.903. The Hall–Kier alpha value is -2.10. The van der Waals surface area contributed by atoms with E-state index in [1.807, 2.05) is 36.7 Å². The zero-order chi connectivity index (χ0) is 13.6. The first-order valence-corrected chi connectivity index (χ1v) is 7.14. The Bertz CT molecular complexity index is 521. The van der Waals surface area contributed by atoms with Gasteiger partial charge in [0.25, 0.3) is 0 Å². The molecule has 0 amide bonds. The van der Waals surface area contributed by atoms with E-state index in [1.54, 1.807) is 6.33 Å². The predicted octanol–water partition coefficient (Wildman–Crippen LogP) is 3.41. The molecule has 2 aromatic rings. The van der Waals surface area contributed by atoms with Crippen LogP contribution < -0.4 is 10.1 Å². The van der Waals surface area contributed by atoms with Gasteiger partial charge in [-0.15, -0.1) is 0 Å². The van der Waals surface area contributed by atoms with Crippen LogP contribution in [0.5, 0.6) is 5.75 Å². The molecule has 3 rings (SSSR count).